The first-order chi connectivity index (χ1) is 12.7. The molecule has 3 amide bonds. The molecule has 5 nitrogen and oxygen atoms in total. The van der Waals surface area contributed by atoms with Gasteiger partial charge in [0.25, 0.3) is 0 Å². The number of carbonyl (C=O) groups is 2. The number of thiophene rings is 1. The van der Waals surface area contributed by atoms with Gasteiger partial charge >= 0.3 is 6.03 Å². The highest BCUT2D eigenvalue weighted by atomic mass is 32.1. The van der Waals surface area contributed by atoms with E-state index in [2.05, 4.69) is 22.8 Å². The SMILES string of the molecule is O=C(Cc1csc2ccccc12)N1CCN(C(=O)NC2CCCC2)CC1. The molecular formula is C20H25N3O2S. The van der Waals surface area contributed by atoms with Crippen LogP contribution in [0.4, 0.5) is 4.79 Å². The van der Waals surface area contributed by atoms with Crippen LogP contribution >= 0.6 is 11.3 Å². The molecule has 1 saturated heterocycles. The Bertz CT molecular complexity index is 789. The van der Waals surface area contributed by atoms with Gasteiger partial charge in [0, 0.05) is 36.9 Å². The maximum absolute atomic E-state index is 12.7. The Morgan fingerprint density at radius 3 is 2.50 bits per heavy atom. The number of nitrogens with one attached hydrogen (secondary N) is 1. The largest absolute Gasteiger partial charge is 0.339 e. The molecule has 0 atom stereocenters. The van der Waals surface area contributed by atoms with E-state index in [1.807, 2.05) is 21.9 Å². The second-order valence-electron chi connectivity index (χ2n) is 7.23. The first-order valence-corrected chi connectivity index (χ1v) is 10.4. The van der Waals surface area contributed by atoms with Gasteiger partial charge in [0.05, 0.1) is 6.42 Å². The van der Waals surface area contributed by atoms with Crippen LogP contribution in [0.15, 0.2) is 29.6 Å². The van der Waals surface area contributed by atoms with Crippen molar-refractivity contribution < 1.29 is 9.59 Å². The number of hydrogen-bond acceptors (Lipinski definition) is 3. The quantitative estimate of drug-likeness (QED) is 0.900. The van der Waals surface area contributed by atoms with Crippen molar-refractivity contribution in [3.05, 3.63) is 35.2 Å². The van der Waals surface area contributed by atoms with Gasteiger partial charge in [-0.1, -0.05) is 31.0 Å². The summed E-state index contributed by atoms with van der Waals surface area (Å²) in [5.74, 6) is 0.157. The van der Waals surface area contributed by atoms with Crippen LogP contribution in [-0.2, 0) is 11.2 Å². The van der Waals surface area contributed by atoms with E-state index in [1.165, 1.54) is 22.9 Å². The van der Waals surface area contributed by atoms with E-state index < -0.39 is 0 Å². The minimum absolute atomic E-state index is 0.0350. The number of rotatable bonds is 3. The topological polar surface area (TPSA) is 52.7 Å². The number of benzene rings is 1. The number of hydrogen-bond donors (Lipinski definition) is 1. The highest BCUT2D eigenvalue weighted by Crippen LogP contribution is 2.26. The van der Waals surface area contributed by atoms with E-state index in [0.29, 0.717) is 38.6 Å². The molecule has 1 N–H and O–H groups in total. The molecule has 2 fully saturated rings. The highest BCUT2D eigenvalue weighted by Gasteiger charge is 2.26. The number of nitrogens with zero attached hydrogens (tertiary/aromatic N) is 2. The minimum Gasteiger partial charge on any atom is -0.339 e. The lowest BCUT2D eigenvalue weighted by molar-refractivity contribution is -0.131. The fourth-order valence-electron chi connectivity index (χ4n) is 3.94. The molecule has 1 aliphatic carbocycles. The molecule has 4 rings (SSSR count). The molecule has 1 aromatic carbocycles. The van der Waals surface area contributed by atoms with Crippen molar-refractivity contribution in [3.8, 4) is 0 Å². The molecule has 2 heterocycles. The monoisotopic (exact) mass is 371 g/mol. The van der Waals surface area contributed by atoms with E-state index in [9.17, 15) is 9.59 Å². The summed E-state index contributed by atoms with van der Waals surface area (Å²) >= 11 is 1.69. The van der Waals surface area contributed by atoms with E-state index in [0.717, 1.165) is 18.4 Å². The molecule has 0 spiro atoms. The molecule has 0 radical (unpaired) electrons. The van der Waals surface area contributed by atoms with Crippen LogP contribution in [0.5, 0.6) is 0 Å². The minimum atomic E-state index is 0.0350. The van der Waals surface area contributed by atoms with Crippen molar-refractivity contribution in [2.75, 3.05) is 26.2 Å². The van der Waals surface area contributed by atoms with Crippen LogP contribution in [0.2, 0.25) is 0 Å². The first kappa shape index (κ1) is 17.3. The molecular weight excluding hydrogens is 346 g/mol. The second kappa shape index (κ2) is 7.66. The van der Waals surface area contributed by atoms with Gasteiger partial charge in [-0.3, -0.25) is 4.79 Å². The number of carbonyl (C=O) groups excluding carboxylic acids is 2. The van der Waals surface area contributed by atoms with Crippen molar-refractivity contribution in [3.63, 3.8) is 0 Å². The van der Waals surface area contributed by atoms with Crippen molar-refractivity contribution >= 4 is 33.4 Å². The number of amides is 3. The Morgan fingerprint density at radius 2 is 1.73 bits per heavy atom. The summed E-state index contributed by atoms with van der Waals surface area (Å²) < 4.78 is 1.23. The van der Waals surface area contributed by atoms with Crippen molar-refractivity contribution in [1.82, 2.24) is 15.1 Å². The Balaban J connectivity index is 1.30. The van der Waals surface area contributed by atoms with Gasteiger partial charge in [0.1, 0.15) is 0 Å². The predicted molar refractivity (Wildman–Crippen MR) is 104 cm³/mol. The Labute approximate surface area is 158 Å². The standard InChI is InChI=1S/C20H25N3O2S/c24-19(13-15-14-26-18-8-4-3-7-17(15)18)22-9-11-23(12-10-22)20(25)21-16-5-1-2-6-16/h3-4,7-8,14,16H,1-2,5-6,9-13H2,(H,21,25). The first-order valence-electron chi connectivity index (χ1n) is 9.49. The van der Waals surface area contributed by atoms with Crippen molar-refractivity contribution in [2.24, 2.45) is 0 Å². The zero-order chi connectivity index (χ0) is 17.9. The molecule has 0 bridgehead atoms. The molecule has 1 aromatic heterocycles. The van der Waals surface area contributed by atoms with E-state index >= 15 is 0 Å². The van der Waals surface area contributed by atoms with Gasteiger partial charge in [0.2, 0.25) is 5.91 Å². The third-order valence-electron chi connectivity index (χ3n) is 5.51. The summed E-state index contributed by atoms with van der Waals surface area (Å²) in [4.78, 5) is 28.8. The summed E-state index contributed by atoms with van der Waals surface area (Å²) in [5, 5.41) is 6.41. The van der Waals surface area contributed by atoms with Gasteiger partial charge in [-0.2, -0.15) is 0 Å². The molecule has 1 saturated carbocycles. The van der Waals surface area contributed by atoms with Gasteiger partial charge < -0.3 is 15.1 Å². The van der Waals surface area contributed by atoms with E-state index in [1.54, 1.807) is 11.3 Å². The van der Waals surface area contributed by atoms with Crippen LogP contribution in [0.1, 0.15) is 31.2 Å². The van der Waals surface area contributed by atoms with Gasteiger partial charge in [0.15, 0.2) is 0 Å². The third-order valence-corrected chi connectivity index (χ3v) is 6.52. The number of piperazine rings is 1. The fourth-order valence-corrected chi connectivity index (χ4v) is 4.90. The summed E-state index contributed by atoms with van der Waals surface area (Å²) in [6, 6.07) is 8.60. The van der Waals surface area contributed by atoms with Crippen LogP contribution < -0.4 is 5.32 Å². The lowest BCUT2D eigenvalue weighted by Gasteiger charge is -2.35. The van der Waals surface area contributed by atoms with Crippen LogP contribution in [0, 0.1) is 0 Å². The third kappa shape index (κ3) is 3.70. The Morgan fingerprint density at radius 1 is 1.04 bits per heavy atom. The molecule has 138 valence electrons. The molecule has 2 aromatic rings. The Hall–Kier alpha value is -2.08. The normalized spacial score (nSPS) is 18.5. The molecule has 1 aliphatic heterocycles. The zero-order valence-electron chi connectivity index (χ0n) is 14.9. The molecule has 26 heavy (non-hydrogen) atoms. The summed E-state index contributed by atoms with van der Waals surface area (Å²) in [5.41, 5.74) is 1.11. The lowest BCUT2D eigenvalue weighted by atomic mass is 10.1. The molecule has 6 heteroatoms. The maximum Gasteiger partial charge on any atom is 0.317 e. The highest BCUT2D eigenvalue weighted by molar-refractivity contribution is 7.17. The second-order valence-corrected chi connectivity index (χ2v) is 8.14. The summed E-state index contributed by atoms with van der Waals surface area (Å²) in [6.07, 6.45) is 5.06. The van der Waals surface area contributed by atoms with E-state index in [4.69, 9.17) is 0 Å². The average Bonchev–Trinajstić information content (AvgIpc) is 3.32. The van der Waals surface area contributed by atoms with Crippen molar-refractivity contribution in [2.45, 2.75) is 38.1 Å². The van der Waals surface area contributed by atoms with E-state index in [-0.39, 0.29) is 11.9 Å². The summed E-state index contributed by atoms with van der Waals surface area (Å²) in [7, 11) is 0. The maximum atomic E-state index is 12.7. The lowest BCUT2D eigenvalue weighted by Crippen LogP contribution is -2.54. The number of urea groups is 1. The smallest absolute Gasteiger partial charge is 0.317 e. The number of fused-ring (bicyclic) bond motifs is 1. The van der Waals surface area contributed by atoms with Crippen LogP contribution in [0.3, 0.4) is 0 Å². The summed E-state index contributed by atoms with van der Waals surface area (Å²) in [6.45, 7) is 2.49. The predicted octanol–water partition coefficient (Wildman–Crippen LogP) is 3.24. The fraction of sp³-hybridized carbons (Fsp3) is 0.500. The van der Waals surface area contributed by atoms with Crippen molar-refractivity contribution in [1.29, 1.82) is 0 Å². The Kier molecular flexibility index (Phi) is 5.11. The van der Waals surface area contributed by atoms with Crippen LogP contribution in [-0.4, -0.2) is 54.0 Å². The van der Waals surface area contributed by atoms with Crippen LogP contribution in [0.25, 0.3) is 10.1 Å². The zero-order valence-corrected chi connectivity index (χ0v) is 15.8. The molecule has 2 aliphatic rings. The molecule has 0 unspecified atom stereocenters. The average molecular weight is 372 g/mol. The van der Waals surface area contributed by atoms with Gasteiger partial charge in [-0.05, 0) is 35.2 Å². The van der Waals surface area contributed by atoms with Gasteiger partial charge in [-0.25, -0.2) is 4.79 Å². The van der Waals surface area contributed by atoms with Gasteiger partial charge in [-0.15, -0.1) is 11.3 Å².